The monoisotopic (exact) mass is 273 g/mol. The first-order valence-electron chi connectivity index (χ1n) is 6.12. The van der Waals surface area contributed by atoms with Crippen molar-refractivity contribution in [3.05, 3.63) is 57.8 Å². The molecule has 1 aromatic carbocycles. The molecular weight excluding hydrogens is 258 g/mol. The summed E-state index contributed by atoms with van der Waals surface area (Å²) in [6.45, 7) is 3.62. The molecule has 1 heterocycles. The van der Waals surface area contributed by atoms with Gasteiger partial charge in [-0.15, -0.1) is 0 Å². The van der Waals surface area contributed by atoms with E-state index in [-0.39, 0.29) is 11.7 Å². The van der Waals surface area contributed by atoms with Crippen LogP contribution in [0.5, 0.6) is 11.6 Å². The Kier molecular flexibility index (Phi) is 3.95. The molecule has 1 unspecified atom stereocenters. The van der Waals surface area contributed by atoms with Crippen LogP contribution < -0.4 is 10.5 Å². The van der Waals surface area contributed by atoms with E-state index < -0.39 is 4.92 Å². The van der Waals surface area contributed by atoms with Gasteiger partial charge in [-0.25, -0.2) is 4.98 Å². The van der Waals surface area contributed by atoms with Gasteiger partial charge in [0, 0.05) is 30.4 Å². The summed E-state index contributed by atoms with van der Waals surface area (Å²) in [7, 11) is 0. The summed E-state index contributed by atoms with van der Waals surface area (Å²) in [5.74, 6) is 0.961. The molecule has 2 N–H and O–H groups in total. The predicted molar refractivity (Wildman–Crippen MR) is 74.7 cm³/mol. The summed E-state index contributed by atoms with van der Waals surface area (Å²) in [5, 5.41) is 10.7. The fourth-order valence-electron chi connectivity index (χ4n) is 1.70. The number of nitro groups is 1. The topological polar surface area (TPSA) is 91.3 Å². The van der Waals surface area contributed by atoms with Crippen molar-refractivity contribution in [2.45, 2.75) is 19.9 Å². The van der Waals surface area contributed by atoms with Gasteiger partial charge >= 0.3 is 0 Å². The van der Waals surface area contributed by atoms with Crippen molar-refractivity contribution >= 4 is 5.69 Å². The van der Waals surface area contributed by atoms with Gasteiger partial charge in [0.05, 0.1) is 4.92 Å². The van der Waals surface area contributed by atoms with E-state index in [9.17, 15) is 10.1 Å². The number of hydrogen-bond donors (Lipinski definition) is 1. The van der Waals surface area contributed by atoms with Crippen molar-refractivity contribution in [2.24, 2.45) is 5.73 Å². The molecule has 2 aromatic rings. The predicted octanol–water partition coefficient (Wildman–Crippen LogP) is 3.11. The highest BCUT2D eigenvalue weighted by atomic mass is 16.6. The number of nitrogens with two attached hydrogens (primary N) is 1. The van der Waals surface area contributed by atoms with Crippen LogP contribution in [0.4, 0.5) is 5.69 Å². The van der Waals surface area contributed by atoms with Crippen molar-refractivity contribution in [3.63, 3.8) is 0 Å². The zero-order chi connectivity index (χ0) is 14.7. The number of non-ortho nitro benzene ring substituents is 1. The minimum absolute atomic E-state index is 0.0371. The zero-order valence-electron chi connectivity index (χ0n) is 11.2. The van der Waals surface area contributed by atoms with Crippen LogP contribution in [-0.2, 0) is 0 Å². The van der Waals surface area contributed by atoms with Crippen LogP contribution in [-0.4, -0.2) is 9.91 Å². The van der Waals surface area contributed by atoms with Gasteiger partial charge in [-0.2, -0.15) is 0 Å². The fraction of sp³-hybridized carbons (Fsp3) is 0.214. The lowest BCUT2D eigenvalue weighted by molar-refractivity contribution is -0.384. The highest BCUT2D eigenvalue weighted by molar-refractivity contribution is 5.44. The largest absolute Gasteiger partial charge is 0.439 e. The zero-order valence-corrected chi connectivity index (χ0v) is 11.2. The van der Waals surface area contributed by atoms with E-state index in [0.29, 0.717) is 17.2 Å². The molecule has 20 heavy (non-hydrogen) atoms. The first-order chi connectivity index (χ1) is 9.47. The Labute approximate surface area is 116 Å². The van der Waals surface area contributed by atoms with Crippen molar-refractivity contribution in [3.8, 4) is 11.6 Å². The molecule has 0 bridgehead atoms. The molecule has 1 atom stereocenters. The van der Waals surface area contributed by atoms with Crippen LogP contribution in [0.3, 0.4) is 0 Å². The number of aromatic nitrogens is 1. The maximum Gasteiger partial charge on any atom is 0.269 e. The molecule has 104 valence electrons. The SMILES string of the molecule is Cc1cc([N+](=O)[O-])ccc1Oc1ccc(C(C)N)cn1. The summed E-state index contributed by atoms with van der Waals surface area (Å²) in [6, 6.07) is 7.91. The first-order valence-corrected chi connectivity index (χ1v) is 6.12. The second-order valence-electron chi connectivity index (χ2n) is 4.53. The van der Waals surface area contributed by atoms with Gasteiger partial charge in [-0.3, -0.25) is 10.1 Å². The number of nitrogens with zero attached hydrogens (tertiary/aromatic N) is 2. The Morgan fingerprint density at radius 2 is 2.10 bits per heavy atom. The number of nitro benzene ring substituents is 1. The van der Waals surface area contributed by atoms with Crippen LogP contribution in [0.1, 0.15) is 24.1 Å². The van der Waals surface area contributed by atoms with E-state index in [2.05, 4.69) is 4.98 Å². The summed E-state index contributed by atoms with van der Waals surface area (Å²) in [5.41, 5.74) is 7.37. The molecule has 0 aliphatic heterocycles. The maximum atomic E-state index is 10.7. The van der Waals surface area contributed by atoms with Crippen LogP contribution >= 0.6 is 0 Å². The molecule has 0 aliphatic carbocycles. The first kappa shape index (κ1) is 14.0. The molecule has 0 saturated carbocycles. The molecule has 6 heteroatoms. The smallest absolute Gasteiger partial charge is 0.269 e. The summed E-state index contributed by atoms with van der Waals surface area (Å²) in [6.07, 6.45) is 1.65. The van der Waals surface area contributed by atoms with Gasteiger partial charge in [0.15, 0.2) is 0 Å². The van der Waals surface area contributed by atoms with E-state index in [1.165, 1.54) is 12.1 Å². The maximum absolute atomic E-state index is 10.7. The van der Waals surface area contributed by atoms with Crippen LogP contribution in [0.2, 0.25) is 0 Å². The van der Waals surface area contributed by atoms with E-state index in [1.807, 2.05) is 13.0 Å². The molecule has 0 fully saturated rings. The minimum Gasteiger partial charge on any atom is -0.439 e. The number of rotatable bonds is 4. The normalized spacial score (nSPS) is 11.9. The summed E-state index contributed by atoms with van der Waals surface area (Å²) < 4.78 is 5.60. The van der Waals surface area contributed by atoms with Crippen molar-refractivity contribution in [1.29, 1.82) is 0 Å². The molecule has 0 radical (unpaired) electrons. The lowest BCUT2D eigenvalue weighted by Gasteiger charge is -2.09. The molecule has 1 aromatic heterocycles. The molecule has 0 amide bonds. The third-order valence-electron chi connectivity index (χ3n) is 2.87. The number of ether oxygens (including phenoxy) is 1. The number of pyridine rings is 1. The third kappa shape index (κ3) is 3.10. The van der Waals surface area contributed by atoms with E-state index in [4.69, 9.17) is 10.5 Å². The number of aryl methyl sites for hydroxylation is 1. The quantitative estimate of drug-likeness (QED) is 0.682. The molecule has 0 aliphatic rings. The Balaban J connectivity index is 2.19. The van der Waals surface area contributed by atoms with Crippen molar-refractivity contribution < 1.29 is 9.66 Å². The number of benzene rings is 1. The van der Waals surface area contributed by atoms with Crippen molar-refractivity contribution in [2.75, 3.05) is 0 Å². The van der Waals surface area contributed by atoms with Gasteiger partial charge in [0.25, 0.3) is 5.69 Å². The molecule has 6 nitrogen and oxygen atoms in total. The molecule has 2 rings (SSSR count). The van der Waals surface area contributed by atoms with Gasteiger partial charge in [-0.05, 0) is 31.0 Å². The van der Waals surface area contributed by atoms with E-state index in [1.54, 1.807) is 25.3 Å². The lowest BCUT2D eigenvalue weighted by atomic mass is 10.1. The fourth-order valence-corrected chi connectivity index (χ4v) is 1.70. The highest BCUT2D eigenvalue weighted by Gasteiger charge is 2.10. The van der Waals surface area contributed by atoms with Gasteiger partial charge in [0.1, 0.15) is 5.75 Å². The van der Waals surface area contributed by atoms with Gasteiger partial charge in [0.2, 0.25) is 5.88 Å². The second-order valence-corrected chi connectivity index (χ2v) is 4.53. The molecular formula is C14H15N3O3. The van der Waals surface area contributed by atoms with Crippen LogP contribution in [0, 0.1) is 17.0 Å². The summed E-state index contributed by atoms with van der Waals surface area (Å²) >= 11 is 0. The Morgan fingerprint density at radius 1 is 1.35 bits per heavy atom. The highest BCUT2D eigenvalue weighted by Crippen LogP contribution is 2.27. The Hall–Kier alpha value is -2.47. The van der Waals surface area contributed by atoms with E-state index in [0.717, 1.165) is 5.56 Å². The minimum atomic E-state index is -0.438. The second kappa shape index (κ2) is 5.66. The molecule has 0 spiro atoms. The number of hydrogen-bond acceptors (Lipinski definition) is 5. The summed E-state index contributed by atoms with van der Waals surface area (Å²) in [4.78, 5) is 14.4. The van der Waals surface area contributed by atoms with Crippen molar-refractivity contribution in [1.82, 2.24) is 4.98 Å². The van der Waals surface area contributed by atoms with Crippen LogP contribution in [0.15, 0.2) is 36.5 Å². The lowest BCUT2D eigenvalue weighted by Crippen LogP contribution is -2.05. The average molecular weight is 273 g/mol. The van der Waals surface area contributed by atoms with E-state index >= 15 is 0 Å². The third-order valence-corrected chi connectivity index (χ3v) is 2.87. The average Bonchev–Trinajstić information content (AvgIpc) is 2.41. The van der Waals surface area contributed by atoms with Gasteiger partial charge in [-0.1, -0.05) is 6.07 Å². The van der Waals surface area contributed by atoms with Gasteiger partial charge < -0.3 is 10.5 Å². The van der Waals surface area contributed by atoms with Crippen LogP contribution in [0.25, 0.3) is 0 Å². The standard InChI is InChI=1S/C14H15N3O3/c1-9-7-12(17(18)19)4-5-13(9)20-14-6-3-11(8-16-14)10(2)15/h3-8,10H,15H2,1-2H3. The Morgan fingerprint density at radius 3 is 2.60 bits per heavy atom. The molecule has 0 saturated heterocycles. The Bertz CT molecular complexity index is 624.